The summed E-state index contributed by atoms with van der Waals surface area (Å²) >= 11 is 0. The zero-order chi connectivity index (χ0) is 18.1. The molecule has 4 nitrogen and oxygen atoms in total. The molecule has 1 aliphatic heterocycles. The summed E-state index contributed by atoms with van der Waals surface area (Å²) in [4.78, 5) is 13.4. The Balaban J connectivity index is 0.00000243. The van der Waals surface area contributed by atoms with Gasteiger partial charge in [-0.25, -0.2) is 0 Å². The van der Waals surface area contributed by atoms with Crippen LogP contribution in [0.3, 0.4) is 0 Å². The summed E-state index contributed by atoms with van der Waals surface area (Å²) in [6.07, 6.45) is 7.19. The smallest absolute Gasteiger partial charge is 0.285 e. The van der Waals surface area contributed by atoms with Gasteiger partial charge in [-0.3, -0.25) is 4.79 Å². The van der Waals surface area contributed by atoms with E-state index in [0.29, 0.717) is 0 Å². The number of quaternary nitrogens is 1. The Kier molecular flexibility index (Phi) is 7.32. The molecule has 0 aromatic heterocycles. The summed E-state index contributed by atoms with van der Waals surface area (Å²) in [5, 5.41) is 3.30. The third-order valence-electron chi connectivity index (χ3n) is 6.56. The molecule has 1 saturated heterocycles. The average molecular weight is 434 g/mol. The van der Waals surface area contributed by atoms with Gasteiger partial charge in [-0.05, 0) is 69.7 Å². The number of ether oxygens (including phenoxy) is 1. The number of methoxy groups -OCH3 is 1. The molecule has 1 aliphatic carbocycles. The molecule has 3 rings (SSSR count). The molecule has 0 unspecified atom stereocenters. The number of hydrogen-bond acceptors (Lipinski definition) is 2. The van der Waals surface area contributed by atoms with Crippen LogP contribution in [-0.4, -0.2) is 42.7 Å². The predicted octanol–water partition coefficient (Wildman–Crippen LogP) is 4.19. The number of nitrogens with zero attached hydrogens (tertiary/aromatic N) is 1. The van der Waals surface area contributed by atoms with E-state index in [2.05, 4.69) is 12.2 Å². The Morgan fingerprint density at radius 2 is 1.65 bits per heavy atom. The van der Waals surface area contributed by atoms with E-state index in [1.807, 2.05) is 26.0 Å². The van der Waals surface area contributed by atoms with Crippen LogP contribution in [0.25, 0.3) is 0 Å². The second-order valence-electron chi connectivity index (χ2n) is 7.94. The van der Waals surface area contributed by atoms with Crippen LogP contribution in [0.2, 0.25) is 0 Å². The van der Waals surface area contributed by atoms with Crippen LogP contribution in [0.1, 0.15) is 56.6 Å². The van der Waals surface area contributed by atoms with E-state index in [9.17, 15) is 4.79 Å². The van der Waals surface area contributed by atoms with Crippen molar-refractivity contribution in [1.29, 1.82) is 0 Å². The molecule has 0 bridgehead atoms. The van der Waals surface area contributed by atoms with Crippen LogP contribution < -0.4 is 10.1 Å². The van der Waals surface area contributed by atoms with Crippen molar-refractivity contribution < 1.29 is 46.7 Å². The van der Waals surface area contributed by atoms with Crippen molar-refractivity contribution in [2.75, 3.05) is 32.1 Å². The second kappa shape index (κ2) is 8.71. The van der Waals surface area contributed by atoms with Gasteiger partial charge in [0.2, 0.25) is 0 Å². The first kappa shape index (κ1) is 21.8. The van der Waals surface area contributed by atoms with Crippen molar-refractivity contribution in [3.05, 3.63) is 23.3 Å². The molecule has 1 aromatic rings. The topological polar surface area (TPSA) is 38.3 Å². The van der Waals surface area contributed by atoms with Crippen LogP contribution in [0.4, 0.5) is 5.69 Å². The number of hydrogen-bond donors (Lipinski definition) is 1. The summed E-state index contributed by atoms with van der Waals surface area (Å²) in [5.41, 5.74) is 2.90. The first-order valence-electron chi connectivity index (χ1n) is 9.81. The first-order chi connectivity index (χ1) is 12.0. The minimum atomic E-state index is -0.197. The molecule has 0 atom stereocenters. The molecule has 1 amide bonds. The van der Waals surface area contributed by atoms with Gasteiger partial charge in [-0.15, -0.1) is 0 Å². The van der Waals surface area contributed by atoms with Crippen molar-refractivity contribution in [1.82, 2.24) is 0 Å². The number of aryl methyl sites for hydroxylation is 2. The maximum absolute atomic E-state index is 13.4. The molecule has 1 saturated carbocycles. The summed E-state index contributed by atoms with van der Waals surface area (Å²) in [6, 6.07) is 4.00. The monoisotopic (exact) mass is 434 g/mol. The third-order valence-corrected chi connectivity index (χ3v) is 6.56. The fraction of sp³-hybridized carbons (Fsp3) is 0.667. The minimum Gasteiger partial charge on any atom is -0.497 e. The fourth-order valence-electron chi connectivity index (χ4n) is 4.85. The van der Waals surface area contributed by atoms with E-state index in [1.54, 1.807) is 7.11 Å². The van der Waals surface area contributed by atoms with Crippen molar-refractivity contribution in [3.8, 4) is 5.75 Å². The van der Waals surface area contributed by atoms with Gasteiger partial charge in [0.25, 0.3) is 5.91 Å². The van der Waals surface area contributed by atoms with Crippen LogP contribution in [0.5, 0.6) is 5.75 Å². The fourth-order valence-corrected chi connectivity index (χ4v) is 4.85. The molecule has 141 valence electrons. The minimum absolute atomic E-state index is 0. The number of amides is 1. The van der Waals surface area contributed by atoms with Gasteiger partial charge in [0.1, 0.15) is 5.75 Å². The summed E-state index contributed by atoms with van der Waals surface area (Å²) in [5.74, 6) is 1.08. The van der Waals surface area contributed by atoms with Gasteiger partial charge < -0.3 is 14.5 Å². The van der Waals surface area contributed by atoms with Crippen LogP contribution in [0.15, 0.2) is 12.1 Å². The van der Waals surface area contributed by atoms with Crippen molar-refractivity contribution in [2.45, 2.75) is 64.8 Å². The van der Waals surface area contributed by atoms with Crippen LogP contribution >= 0.6 is 0 Å². The molecular formula is C21H33N2O2Y+. The number of nitrogens with one attached hydrogen (secondary N) is 1. The molecule has 5 heteroatoms. The number of rotatable bonds is 5. The molecular weight excluding hydrogens is 401 g/mol. The molecule has 1 aromatic carbocycles. The zero-order valence-electron chi connectivity index (χ0n) is 16.9. The number of anilines is 1. The van der Waals surface area contributed by atoms with Gasteiger partial charge in [0.15, 0.2) is 5.54 Å². The molecule has 1 radical (unpaired) electrons. The largest absolute Gasteiger partial charge is 0.497 e. The van der Waals surface area contributed by atoms with Gasteiger partial charge in [-0.1, -0.05) is 0 Å². The van der Waals surface area contributed by atoms with E-state index in [-0.39, 0.29) is 44.2 Å². The summed E-state index contributed by atoms with van der Waals surface area (Å²) < 4.78 is 6.34. The quantitative estimate of drug-likeness (QED) is 0.706. The van der Waals surface area contributed by atoms with Gasteiger partial charge in [0.05, 0.1) is 26.7 Å². The molecule has 1 heterocycles. The number of benzene rings is 1. The normalized spacial score (nSPS) is 20.5. The molecule has 0 spiro atoms. The number of carbonyl (C=O) groups excluding carboxylic acids is 1. The Morgan fingerprint density at radius 1 is 1.12 bits per heavy atom. The third kappa shape index (κ3) is 3.88. The average Bonchev–Trinajstić information content (AvgIpc) is 3.42. The summed E-state index contributed by atoms with van der Waals surface area (Å²) in [7, 11) is 1.68. The SMILES string of the molecule is CC[N+]1(C2(C(=O)Nc3c(C)cc(OC)cc3C)CC2)CCCCCC1.[Y]. The second-order valence-corrected chi connectivity index (χ2v) is 7.94. The maximum atomic E-state index is 13.4. The van der Waals surface area contributed by atoms with E-state index < -0.39 is 0 Å². The zero-order valence-corrected chi connectivity index (χ0v) is 19.7. The Morgan fingerprint density at radius 3 is 2.08 bits per heavy atom. The Labute approximate surface area is 183 Å². The standard InChI is InChI=1S/C21H32N2O2.Y/c1-5-23(12-8-6-7-9-13-23)21(10-11-21)20(24)22-19-16(2)14-18(25-4)15-17(19)3;/h14-15H,5-13H2,1-4H3;/p+1. The van der Waals surface area contributed by atoms with E-state index in [4.69, 9.17) is 4.74 Å². The number of likely N-dealkylation sites (tertiary alicyclic amines) is 1. The van der Waals surface area contributed by atoms with E-state index >= 15 is 0 Å². The Hall–Kier alpha value is -0.446. The molecule has 2 aliphatic rings. The first-order valence-corrected chi connectivity index (χ1v) is 9.81. The maximum Gasteiger partial charge on any atom is 0.285 e. The number of likely N-dealkylation sites (N-methyl/N-ethyl adjacent to an activating group) is 1. The molecule has 1 N–H and O–H groups in total. The van der Waals surface area contributed by atoms with Crippen LogP contribution in [-0.2, 0) is 37.5 Å². The van der Waals surface area contributed by atoms with E-state index in [1.165, 1.54) is 25.7 Å². The van der Waals surface area contributed by atoms with Crippen LogP contribution in [0, 0.1) is 13.8 Å². The molecule has 2 fully saturated rings. The predicted molar refractivity (Wildman–Crippen MR) is 102 cm³/mol. The number of carbonyl (C=O) groups is 1. The Bertz CT molecular complexity index is 624. The van der Waals surface area contributed by atoms with Gasteiger partial charge >= 0.3 is 0 Å². The molecule has 26 heavy (non-hydrogen) atoms. The van der Waals surface area contributed by atoms with Crippen molar-refractivity contribution >= 4 is 11.6 Å². The van der Waals surface area contributed by atoms with E-state index in [0.717, 1.165) is 59.5 Å². The van der Waals surface area contributed by atoms with Gasteiger partial charge in [-0.2, -0.15) is 0 Å². The van der Waals surface area contributed by atoms with Crippen molar-refractivity contribution in [2.24, 2.45) is 0 Å². The van der Waals surface area contributed by atoms with Crippen molar-refractivity contribution in [3.63, 3.8) is 0 Å². The van der Waals surface area contributed by atoms with Gasteiger partial charge in [0, 0.05) is 51.2 Å². The summed E-state index contributed by atoms with van der Waals surface area (Å²) in [6.45, 7) is 9.73.